The van der Waals surface area contributed by atoms with Crippen molar-refractivity contribution in [1.29, 1.82) is 0 Å². The zero-order valence-corrected chi connectivity index (χ0v) is 17.2. The molecular weight excluding hydrogens is 378 g/mol. The molecule has 30 heavy (non-hydrogen) atoms. The van der Waals surface area contributed by atoms with Crippen molar-refractivity contribution in [3.63, 3.8) is 0 Å². The maximum Gasteiger partial charge on any atom is 0.321 e. The second kappa shape index (κ2) is 8.77. The van der Waals surface area contributed by atoms with Gasteiger partial charge in [0.05, 0.1) is 0 Å². The van der Waals surface area contributed by atoms with Gasteiger partial charge in [-0.25, -0.2) is 19.7 Å². The van der Waals surface area contributed by atoms with Crippen molar-refractivity contribution in [2.24, 2.45) is 0 Å². The smallest absolute Gasteiger partial charge is 0.321 e. The van der Waals surface area contributed by atoms with Crippen molar-refractivity contribution in [3.05, 3.63) is 66.1 Å². The Bertz CT molecular complexity index is 1020. The van der Waals surface area contributed by atoms with Gasteiger partial charge >= 0.3 is 6.03 Å². The number of piperazine rings is 1. The summed E-state index contributed by atoms with van der Waals surface area (Å²) in [6, 6.07) is 13.5. The molecule has 0 unspecified atom stereocenters. The van der Waals surface area contributed by atoms with Crippen LogP contribution in [0.2, 0.25) is 0 Å². The fraction of sp³-hybridized carbons (Fsp3) is 0.273. The van der Waals surface area contributed by atoms with Gasteiger partial charge in [-0.15, -0.1) is 0 Å². The predicted octanol–water partition coefficient (Wildman–Crippen LogP) is 3.59. The van der Waals surface area contributed by atoms with E-state index in [-0.39, 0.29) is 6.03 Å². The summed E-state index contributed by atoms with van der Waals surface area (Å²) in [5.41, 5.74) is 3.20. The van der Waals surface area contributed by atoms with Gasteiger partial charge in [0.2, 0.25) is 0 Å². The SMILES string of the molecule is Cc1ccc(NC(=O)N2CCN(c3cc(Nc4ccccn4)ncn3)CC2)cc1C. The maximum absolute atomic E-state index is 12.6. The summed E-state index contributed by atoms with van der Waals surface area (Å²) in [6.07, 6.45) is 3.27. The Balaban J connectivity index is 1.34. The fourth-order valence-electron chi connectivity index (χ4n) is 3.32. The second-order valence-electron chi connectivity index (χ2n) is 7.30. The van der Waals surface area contributed by atoms with Gasteiger partial charge in [-0.3, -0.25) is 0 Å². The van der Waals surface area contributed by atoms with Crippen LogP contribution in [0, 0.1) is 13.8 Å². The Labute approximate surface area is 176 Å². The Morgan fingerprint density at radius 1 is 0.900 bits per heavy atom. The molecule has 1 saturated heterocycles. The van der Waals surface area contributed by atoms with Crippen LogP contribution in [0.25, 0.3) is 0 Å². The van der Waals surface area contributed by atoms with E-state index < -0.39 is 0 Å². The molecule has 0 radical (unpaired) electrons. The lowest BCUT2D eigenvalue weighted by Crippen LogP contribution is -2.50. The first-order chi connectivity index (χ1) is 14.6. The maximum atomic E-state index is 12.6. The van der Waals surface area contributed by atoms with Crippen molar-refractivity contribution in [2.45, 2.75) is 13.8 Å². The van der Waals surface area contributed by atoms with Gasteiger partial charge in [-0.1, -0.05) is 12.1 Å². The largest absolute Gasteiger partial charge is 0.353 e. The van der Waals surface area contributed by atoms with Crippen LogP contribution in [0.1, 0.15) is 11.1 Å². The van der Waals surface area contributed by atoms with E-state index >= 15 is 0 Å². The van der Waals surface area contributed by atoms with Gasteiger partial charge in [-0.05, 0) is 49.2 Å². The number of carbonyl (C=O) groups is 1. The van der Waals surface area contributed by atoms with Crippen LogP contribution < -0.4 is 15.5 Å². The van der Waals surface area contributed by atoms with Gasteiger partial charge in [0.25, 0.3) is 0 Å². The van der Waals surface area contributed by atoms with E-state index in [0.29, 0.717) is 32.0 Å². The highest BCUT2D eigenvalue weighted by Gasteiger charge is 2.22. The van der Waals surface area contributed by atoms with Crippen LogP contribution in [0.5, 0.6) is 0 Å². The summed E-state index contributed by atoms with van der Waals surface area (Å²) >= 11 is 0. The third-order valence-corrected chi connectivity index (χ3v) is 5.22. The Morgan fingerprint density at radius 2 is 1.73 bits per heavy atom. The van der Waals surface area contributed by atoms with Crippen molar-refractivity contribution < 1.29 is 4.79 Å². The molecule has 3 heterocycles. The number of carbonyl (C=O) groups excluding carboxylic acids is 1. The van der Waals surface area contributed by atoms with Crippen LogP contribution in [0.3, 0.4) is 0 Å². The van der Waals surface area contributed by atoms with E-state index in [4.69, 9.17) is 0 Å². The van der Waals surface area contributed by atoms with Crippen molar-refractivity contribution in [1.82, 2.24) is 19.9 Å². The molecule has 1 aliphatic rings. The molecule has 0 aliphatic carbocycles. The minimum atomic E-state index is -0.0712. The Hall–Kier alpha value is -3.68. The van der Waals surface area contributed by atoms with Crippen molar-refractivity contribution in [2.75, 3.05) is 41.7 Å². The summed E-state index contributed by atoms with van der Waals surface area (Å²) in [7, 11) is 0. The lowest BCUT2D eigenvalue weighted by atomic mass is 10.1. The zero-order valence-electron chi connectivity index (χ0n) is 17.2. The first-order valence-electron chi connectivity index (χ1n) is 9.97. The molecule has 2 amide bonds. The molecule has 8 nitrogen and oxygen atoms in total. The van der Waals surface area contributed by atoms with Crippen molar-refractivity contribution in [3.8, 4) is 0 Å². The first-order valence-corrected chi connectivity index (χ1v) is 9.97. The summed E-state index contributed by atoms with van der Waals surface area (Å²) in [6.45, 7) is 6.78. The highest BCUT2D eigenvalue weighted by atomic mass is 16.2. The Kier molecular flexibility index (Phi) is 5.74. The number of aromatic nitrogens is 3. The number of anilines is 4. The molecular formula is C22H25N7O. The molecule has 154 valence electrons. The van der Waals surface area contributed by atoms with E-state index in [0.717, 1.165) is 22.9 Å². The highest BCUT2D eigenvalue weighted by Crippen LogP contribution is 2.19. The van der Waals surface area contributed by atoms with E-state index in [1.54, 1.807) is 12.5 Å². The minimum absolute atomic E-state index is 0.0712. The number of hydrogen-bond acceptors (Lipinski definition) is 6. The Morgan fingerprint density at radius 3 is 2.47 bits per heavy atom. The molecule has 0 atom stereocenters. The normalized spacial score (nSPS) is 13.8. The van der Waals surface area contributed by atoms with Crippen LogP contribution in [-0.2, 0) is 0 Å². The monoisotopic (exact) mass is 403 g/mol. The predicted molar refractivity (Wildman–Crippen MR) is 118 cm³/mol. The van der Waals surface area contributed by atoms with E-state index in [2.05, 4.69) is 37.4 Å². The van der Waals surface area contributed by atoms with Crippen LogP contribution in [-0.4, -0.2) is 52.1 Å². The van der Waals surface area contributed by atoms with Gasteiger partial charge in [0, 0.05) is 44.1 Å². The molecule has 1 aliphatic heterocycles. The molecule has 1 aromatic carbocycles. The molecule has 8 heteroatoms. The summed E-state index contributed by atoms with van der Waals surface area (Å²) in [5, 5.41) is 6.18. The van der Waals surface area contributed by atoms with Gasteiger partial charge in [-0.2, -0.15) is 0 Å². The molecule has 2 aromatic heterocycles. The summed E-state index contributed by atoms with van der Waals surface area (Å²) in [4.78, 5) is 29.5. The first kappa shape index (κ1) is 19.6. The summed E-state index contributed by atoms with van der Waals surface area (Å²) in [5.74, 6) is 2.25. The molecule has 1 fully saturated rings. The van der Waals surface area contributed by atoms with Gasteiger partial charge in [0.1, 0.15) is 23.8 Å². The fourth-order valence-corrected chi connectivity index (χ4v) is 3.32. The summed E-state index contributed by atoms with van der Waals surface area (Å²) < 4.78 is 0. The van der Waals surface area contributed by atoms with Crippen LogP contribution >= 0.6 is 0 Å². The van der Waals surface area contributed by atoms with Gasteiger partial charge < -0.3 is 20.4 Å². The third kappa shape index (κ3) is 4.65. The minimum Gasteiger partial charge on any atom is -0.353 e. The number of nitrogens with one attached hydrogen (secondary N) is 2. The standard InChI is InChI=1S/C22H25N7O/c1-16-6-7-18(13-17(16)2)26-22(30)29-11-9-28(10-12-29)21-14-20(24-15-25-21)27-19-5-3-4-8-23-19/h3-8,13-15H,9-12H2,1-2H3,(H,26,30)(H,23,24,25,27). The van der Waals surface area contributed by atoms with E-state index in [1.807, 2.05) is 54.3 Å². The molecule has 0 saturated carbocycles. The molecule has 2 N–H and O–H groups in total. The molecule has 4 rings (SSSR count). The lowest BCUT2D eigenvalue weighted by Gasteiger charge is -2.35. The van der Waals surface area contributed by atoms with Crippen LogP contribution in [0.15, 0.2) is 55.0 Å². The number of aryl methyl sites for hydroxylation is 2. The average Bonchev–Trinajstić information content (AvgIpc) is 2.77. The number of urea groups is 1. The number of nitrogens with zero attached hydrogens (tertiary/aromatic N) is 5. The second-order valence-corrected chi connectivity index (χ2v) is 7.30. The topological polar surface area (TPSA) is 86.3 Å². The lowest BCUT2D eigenvalue weighted by molar-refractivity contribution is 0.208. The number of rotatable bonds is 4. The average molecular weight is 403 g/mol. The third-order valence-electron chi connectivity index (χ3n) is 5.22. The van der Waals surface area contributed by atoms with Gasteiger partial charge in [0.15, 0.2) is 0 Å². The van der Waals surface area contributed by atoms with Crippen LogP contribution in [0.4, 0.5) is 27.9 Å². The van der Waals surface area contributed by atoms with E-state index in [9.17, 15) is 4.79 Å². The quantitative estimate of drug-likeness (QED) is 0.692. The molecule has 3 aromatic rings. The number of hydrogen-bond donors (Lipinski definition) is 2. The number of benzene rings is 1. The highest BCUT2D eigenvalue weighted by molar-refractivity contribution is 5.89. The van der Waals surface area contributed by atoms with Crippen molar-refractivity contribution >= 4 is 29.2 Å². The number of pyridine rings is 1. The number of amides is 2. The van der Waals surface area contributed by atoms with E-state index in [1.165, 1.54) is 5.56 Å². The zero-order chi connectivity index (χ0) is 20.9. The molecule has 0 spiro atoms. The molecule has 0 bridgehead atoms.